The molecule has 5 heterocycles. The van der Waals surface area contributed by atoms with Gasteiger partial charge in [-0.25, -0.2) is 0 Å². The summed E-state index contributed by atoms with van der Waals surface area (Å²) in [5.41, 5.74) is 2.31. The van der Waals surface area contributed by atoms with Gasteiger partial charge in [-0.15, -0.1) is 0 Å². The fourth-order valence-corrected chi connectivity index (χ4v) is 3.97. The molecular weight excluding hydrogens is 394 g/mol. The first-order valence-electron chi connectivity index (χ1n) is 10.2. The fourth-order valence-electron chi connectivity index (χ4n) is 3.97. The second-order valence-corrected chi connectivity index (χ2v) is 7.46. The Balaban J connectivity index is 1.45. The minimum absolute atomic E-state index is 0.00310. The van der Waals surface area contributed by atoms with Crippen LogP contribution in [-0.2, 0) is 6.54 Å². The van der Waals surface area contributed by atoms with Crippen molar-refractivity contribution in [2.75, 3.05) is 13.1 Å². The van der Waals surface area contributed by atoms with Crippen molar-refractivity contribution in [3.05, 3.63) is 78.5 Å². The van der Waals surface area contributed by atoms with Crippen molar-refractivity contribution in [1.29, 1.82) is 0 Å². The van der Waals surface area contributed by atoms with Crippen LogP contribution in [0.5, 0.6) is 0 Å². The zero-order valence-corrected chi connectivity index (χ0v) is 17.0. The Hall–Kier alpha value is -3.88. The third kappa shape index (κ3) is 3.70. The van der Waals surface area contributed by atoms with Crippen LogP contribution in [0.15, 0.2) is 65.8 Å². The molecule has 1 aliphatic rings. The first kappa shape index (κ1) is 19.1. The first-order valence-corrected chi connectivity index (χ1v) is 10.2. The van der Waals surface area contributed by atoms with Gasteiger partial charge in [0.05, 0.1) is 5.92 Å². The molecule has 0 bridgehead atoms. The van der Waals surface area contributed by atoms with Crippen LogP contribution in [0.3, 0.4) is 0 Å². The van der Waals surface area contributed by atoms with Gasteiger partial charge in [0.25, 0.3) is 5.91 Å². The Morgan fingerprint density at radius 3 is 2.68 bits per heavy atom. The summed E-state index contributed by atoms with van der Waals surface area (Å²) in [7, 11) is 0. The van der Waals surface area contributed by atoms with E-state index in [1.54, 1.807) is 34.2 Å². The summed E-state index contributed by atoms with van der Waals surface area (Å²) >= 11 is 0. The van der Waals surface area contributed by atoms with Crippen LogP contribution in [0.2, 0.25) is 0 Å². The Kier molecular flexibility index (Phi) is 4.99. The van der Waals surface area contributed by atoms with Crippen molar-refractivity contribution in [1.82, 2.24) is 34.8 Å². The molecule has 1 aliphatic heterocycles. The number of carbonyl (C=O) groups excluding carboxylic acids is 1. The van der Waals surface area contributed by atoms with Crippen LogP contribution in [-0.4, -0.2) is 53.8 Å². The molecule has 1 amide bonds. The molecule has 0 spiro atoms. The van der Waals surface area contributed by atoms with Gasteiger partial charge in [-0.2, -0.15) is 10.1 Å². The van der Waals surface area contributed by atoms with Gasteiger partial charge in [0.2, 0.25) is 11.7 Å². The molecule has 9 heteroatoms. The lowest BCUT2D eigenvalue weighted by atomic mass is 9.90. The third-order valence-electron chi connectivity index (χ3n) is 5.60. The molecule has 4 aromatic rings. The smallest absolute Gasteiger partial charge is 0.274 e. The standard InChI is InChI=1S/C22H21N7O2/c1-2-29-11-7-19(26-29)22(30)28-13-17(16-4-3-8-24-12-16)18(14-28)21-25-20(27-31-21)15-5-9-23-10-6-15/h3-12,17-18H,2,13-14H2,1H3/t17-,18+/m0/s1. The fraction of sp³-hybridized carbons (Fsp3) is 0.273. The lowest BCUT2D eigenvalue weighted by Gasteiger charge is -2.15. The normalized spacial score (nSPS) is 18.4. The molecule has 5 rings (SSSR count). The van der Waals surface area contributed by atoms with Crippen molar-refractivity contribution in [3.8, 4) is 11.4 Å². The van der Waals surface area contributed by atoms with E-state index in [9.17, 15) is 4.79 Å². The molecule has 0 radical (unpaired) electrons. The quantitative estimate of drug-likeness (QED) is 0.494. The number of pyridine rings is 2. The van der Waals surface area contributed by atoms with E-state index >= 15 is 0 Å². The monoisotopic (exact) mass is 415 g/mol. The van der Waals surface area contributed by atoms with Crippen LogP contribution in [0.4, 0.5) is 0 Å². The topological polar surface area (TPSA) is 103 Å². The second-order valence-electron chi connectivity index (χ2n) is 7.46. The number of hydrogen-bond donors (Lipinski definition) is 0. The van der Waals surface area contributed by atoms with Gasteiger partial charge in [0.1, 0.15) is 5.69 Å². The van der Waals surface area contributed by atoms with Crippen LogP contribution in [0, 0.1) is 0 Å². The van der Waals surface area contributed by atoms with Crippen molar-refractivity contribution in [3.63, 3.8) is 0 Å². The molecular formula is C22H21N7O2. The summed E-state index contributed by atoms with van der Waals surface area (Å²) in [4.78, 5) is 27.9. The van der Waals surface area contributed by atoms with E-state index < -0.39 is 0 Å². The van der Waals surface area contributed by atoms with Gasteiger partial charge in [-0.05, 0) is 36.8 Å². The van der Waals surface area contributed by atoms with E-state index in [1.165, 1.54) is 0 Å². The van der Waals surface area contributed by atoms with E-state index in [0.29, 0.717) is 37.0 Å². The van der Waals surface area contributed by atoms with E-state index in [0.717, 1.165) is 11.1 Å². The maximum atomic E-state index is 13.1. The number of aromatic nitrogens is 6. The van der Waals surface area contributed by atoms with Gasteiger partial charge in [-0.1, -0.05) is 11.2 Å². The number of hydrogen-bond acceptors (Lipinski definition) is 7. The molecule has 2 atom stereocenters. The number of likely N-dealkylation sites (tertiary alicyclic amines) is 1. The highest BCUT2D eigenvalue weighted by molar-refractivity contribution is 5.92. The summed E-state index contributed by atoms with van der Waals surface area (Å²) in [5.74, 6) is 0.780. The Morgan fingerprint density at radius 2 is 1.94 bits per heavy atom. The van der Waals surface area contributed by atoms with Crippen molar-refractivity contribution >= 4 is 5.91 Å². The summed E-state index contributed by atoms with van der Waals surface area (Å²) in [6, 6.07) is 9.34. The molecule has 9 nitrogen and oxygen atoms in total. The summed E-state index contributed by atoms with van der Waals surface area (Å²) in [5, 5.41) is 8.52. The highest BCUT2D eigenvalue weighted by Gasteiger charge is 2.41. The molecule has 0 unspecified atom stereocenters. The average Bonchev–Trinajstić information content (AvgIpc) is 3.59. The van der Waals surface area contributed by atoms with Crippen molar-refractivity contribution in [2.24, 2.45) is 0 Å². The molecule has 31 heavy (non-hydrogen) atoms. The number of carbonyl (C=O) groups is 1. The van der Waals surface area contributed by atoms with E-state index in [2.05, 4.69) is 25.2 Å². The highest BCUT2D eigenvalue weighted by atomic mass is 16.5. The predicted molar refractivity (Wildman–Crippen MR) is 111 cm³/mol. The zero-order valence-electron chi connectivity index (χ0n) is 17.0. The Bertz CT molecular complexity index is 1170. The number of nitrogens with zero attached hydrogens (tertiary/aromatic N) is 7. The van der Waals surface area contributed by atoms with Gasteiger partial charge in [0, 0.05) is 62.1 Å². The number of aryl methyl sites for hydroxylation is 1. The predicted octanol–water partition coefficient (Wildman–Crippen LogP) is 2.77. The maximum Gasteiger partial charge on any atom is 0.274 e. The Morgan fingerprint density at radius 1 is 1.10 bits per heavy atom. The average molecular weight is 415 g/mol. The minimum atomic E-state index is -0.135. The Labute approximate surface area is 178 Å². The van der Waals surface area contributed by atoms with Crippen LogP contribution < -0.4 is 0 Å². The number of amides is 1. The summed E-state index contributed by atoms with van der Waals surface area (Å²) in [6.45, 7) is 3.70. The molecule has 0 N–H and O–H groups in total. The van der Waals surface area contributed by atoms with E-state index in [4.69, 9.17) is 4.52 Å². The van der Waals surface area contributed by atoms with Gasteiger partial charge in [-0.3, -0.25) is 19.4 Å². The van der Waals surface area contributed by atoms with Crippen LogP contribution in [0.1, 0.15) is 40.7 Å². The highest BCUT2D eigenvalue weighted by Crippen LogP contribution is 2.39. The third-order valence-corrected chi connectivity index (χ3v) is 5.60. The number of rotatable bonds is 5. The lowest BCUT2D eigenvalue weighted by Crippen LogP contribution is -2.29. The molecule has 0 aromatic carbocycles. The van der Waals surface area contributed by atoms with Crippen LogP contribution in [0.25, 0.3) is 11.4 Å². The van der Waals surface area contributed by atoms with Gasteiger partial charge < -0.3 is 9.42 Å². The second kappa shape index (κ2) is 8.10. The summed E-state index contributed by atoms with van der Waals surface area (Å²) < 4.78 is 7.40. The molecule has 156 valence electrons. The molecule has 0 saturated carbocycles. The summed E-state index contributed by atoms with van der Waals surface area (Å²) in [6.07, 6.45) is 8.77. The largest absolute Gasteiger partial charge is 0.339 e. The molecule has 1 saturated heterocycles. The van der Waals surface area contributed by atoms with Crippen molar-refractivity contribution in [2.45, 2.75) is 25.3 Å². The van der Waals surface area contributed by atoms with Gasteiger partial charge in [0.15, 0.2) is 0 Å². The molecule has 4 aromatic heterocycles. The zero-order chi connectivity index (χ0) is 21.2. The van der Waals surface area contributed by atoms with Crippen molar-refractivity contribution < 1.29 is 9.32 Å². The van der Waals surface area contributed by atoms with Crippen LogP contribution >= 0.6 is 0 Å². The SMILES string of the molecule is CCn1ccc(C(=O)N2C[C@@H](c3cccnc3)[C@H](c3nc(-c4ccncc4)no3)C2)n1. The molecule has 0 aliphatic carbocycles. The van der Waals surface area contributed by atoms with Gasteiger partial charge >= 0.3 is 0 Å². The maximum absolute atomic E-state index is 13.1. The van der Waals surface area contributed by atoms with E-state index in [-0.39, 0.29) is 17.7 Å². The lowest BCUT2D eigenvalue weighted by molar-refractivity contribution is 0.0781. The minimum Gasteiger partial charge on any atom is -0.339 e. The molecule has 1 fully saturated rings. The first-order chi connectivity index (χ1) is 15.2. The van der Waals surface area contributed by atoms with E-state index in [1.807, 2.05) is 43.6 Å².